The Morgan fingerprint density at radius 2 is 1.95 bits per heavy atom. The molecule has 1 fully saturated rings. The number of benzene rings is 1. The summed E-state index contributed by atoms with van der Waals surface area (Å²) in [7, 11) is 0. The van der Waals surface area contributed by atoms with Gasteiger partial charge in [-0.25, -0.2) is 0 Å². The third kappa shape index (κ3) is 3.13. The zero-order valence-corrected chi connectivity index (χ0v) is 12.5. The van der Waals surface area contributed by atoms with Gasteiger partial charge in [0, 0.05) is 22.2 Å². The zero-order valence-electron chi connectivity index (χ0n) is 11.0. The van der Waals surface area contributed by atoms with Crippen molar-refractivity contribution in [3.05, 3.63) is 28.2 Å². The van der Waals surface area contributed by atoms with Crippen LogP contribution in [-0.4, -0.2) is 41.6 Å². The molecule has 112 valence electrons. The molecule has 2 N–H and O–H groups in total. The van der Waals surface area contributed by atoms with E-state index < -0.39 is 0 Å². The molecule has 21 heavy (non-hydrogen) atoms. The summed E-state index contributed by atoms with van der Waals surface area (Å²) in [5.74, 6) is 0.393. The molecule has 0 saturated carbocycles. The number of hydrogen-bond donors (Lipinski definition) is 2. The van der Waals surface area contributed by atoms with Crippen LogP contribution in [0.15, 0.2) is 22.7 Å². The van der Waals surface area contributed by atoms with Gasteiger partial charge in [0.1, 0.15) is 0 Å². The van der Waals surface area contributed by atoms with E-state index in [1.165, 1.54) is 0 Å². The highest BCUT2D eigenvalue weighted by Gasteiger charge is 2.38. The molecule has 0 atom stereocenters. The number of hydrogen-bond acceptors (Lipinski definition) is 6. The van der Waals surface area contributed by atoms with Crippen LogP contribution in [0, 0.1) is 5.41 Å². The van der Waals surface area contributed by atoms with E-state index in [1.807, 2.05) is 0 Å². The van der Waals surface area contributed by atoms with Gasteiger partial charge in [-0.2, -0.15) is 4.98 Å². The van der Waals surface area contributed by atoms with Gasteiger partial charge in [-0.15, -0.1) is 0 Å². The van der Waals surface area contributed by atoms with Gasteiger partial charge < -0.3 is 19.7 Å². The standard InChI is InChI=1S/C13H13Cl2N3O3/c14-9-1-8(2-10(15)3-9)11-17-12(21-18-11)16-4-13(5-19)6-20-7-13/h1-3,19H,4-7H2,(H,16,17,18). The molecule has 2 heterocycles. The van der Waals surface area contributed by atoms with E-state index >= 15 is 0 Å². The Hall–Kier alpha value is -1.34. The molecule has 0 spiro atoms. The number of anilines is 1. The smallest absolute Gasteiger partial charge is 0.321 e. The minimum Gasteiger partial charge on any atom is -0.396 e. The second kappa shape index (κ2) is 5.81. The SMILES string of the molecule is OCC1(CNc2nc(-c3cc(Cl)cc(Cl)c3)no2)COC1. The molecule has 0 radical (unpaired) electrons. The minimum absolute atomic E-state index is 0.0465. The second-order valence-corrected chi connectivity index (χ2v) is 5.96. The van der Waals surface area contributed by atoms with E-state index in [0.29, 0.717) is 41.2 Å². The fraction of sp³-hybridized carbons (Fsp3) is 0.385. The number of nitrogens with zero attached hydrogens (tertiary/aromatic N) is 2. The number of nitrogens with one attached hydrogen (secondary N) is 1. The van der Waals surface area contributed by atoms with Crippen molar-refractivity contribution in [2.24, 2.45) is 5.41 Å². The van der Waals surface area contributed by atoms with Crippen molar-refractivity contribution in [2.75, 3.05) is 31.7 Å². The van der Waals surface area contributed by atoms with Crippen molar-refractivity contribution in [1.82, 2.24) is 10.1 Å². The molecule has 1 aliphatic rings. The van der Waals surface area contributed by atoms with Crippen LogP contribution in [0.25, 0.3) is 11.4 Å². The number of aliphatic hydroxyl groups excluding tert-OH is 1. The molecule has 3 rings (SSSR count). The van der Waals surface area contributed by atoms with Gasteiger partial charge in [-0.1, -0.05) is 28.4 Å². The lowest BCUT2D eigenvalue weighted by Crippen LogP contribution is -2.50. The maximum atomic E-state index is 9.34. The molecule has 8 heteroatoms. The van der Waals surface area contributed by atoms with Crippen LogP contribution in [0.3, 0.4) is 0 Å². The maximum Gasteiger partial charge on any atom is 0.321 e. The number of aromatic nitrogens is 2. The molecule has 1 aromatic carbocycles. The molecule has 1 aromatic heterocycles. The van der Waals surface area contributed by atoms with Gasteiger partial charge in [0.2, 0.25) is 5.82 Å². The minimum atomic E-state index is -0.270. The van der Waals surface area contributed by atoms with Crippen molar-refractivity contribution >= 4 is 29.2 Å². The van der Waals surface area contributed by atoms with Crippen LogP contribution < -0.4 is 5.32 Å². The Bertz CT molecular complexity index is 618. The lowest BCUT2D eigenvalue weighted by atomic mass is 9.87. The van der Waals surface area contributed by atoms with Crippen molar-refractivity contribution in [2.45, 2.75) is 0 Å². The van der Waals surface area contributed by atoms with Crippen molar-refractivity contribution < 1.29 is 14.4 Å². The number of halogens is 2. The quantitative estimate of drug-likeness (QED) is 0.877. The van der Waals surface area contributed by atoms with Gasteiger partial charge >= 0.3 is 6.01 Å². The molecule has 2 aromatic rings. The van der Waals surface area contributed by atoms with E-state index in [1.54, 1.807) is 18.2 Å². The molecule has 0 amide bonds. The first-order valence-electron chi connectivity index (χ1n) is 6.33. The van der Waals surface area contributed by atoms with Gasteiger partial charge in [0.05, 0.1) is 25.2 Å². The monoisotopic (exact) mass is 329 g/mol. The summed E-state index contributed by atoms with van der Waals surface area (Å²) in [4.78, 5) is 4.23. The van der Waals surface area contributed by atoms with E-state index in [-0.39, 0.29) is 18.0 Å². The normalized spacial score (nSPS) is 16.5. The molecule has 0 bridgehead atoms. The first-order chi connectivity index (χ1) is 10.1. The lowest BCUT2D eigenvalue weighted by molar-refractivity contribution is -0.128. The van der Waals surface area contributed by atoms with Crippen LogP contribution in [0.4, 0.5) is 6.01 Å². The van der Waals surface area contributed by atoms with Crippen LogP contribution in [-0.2, 0) is 4.74 Å². The number of rotatable bonds is 5. The van der Waals surface area contributed by atoms with E-state index in [2.05, 4.69) is 15.5 Å². The third-order valence-electron chi connectivity index (χ3n) is 3.31. The van der Waals surface area contributed by atoms with Gasteiger partial charge in [0.25, 0.3) is 0 Å². The summed E-state index contributed by atoms with van der Waals surface area (Å²) in [6.45, 7) is 1.58. The highest BCUT2D eigenvalue weighted by molar-refractivity contribution is 6.35. The Morgan fingerprint density at radius 1 is 1.24 bits per heavy atom. The van der Waals surface area contributed by atoms with Crippen LogP contribution in [0.5, 0.6) is 0 Å². The van der Waals surface area contributed by atoms with Gasteiger partial charge in [-0.05, 0) is 18.2 Å². The summed E-state index contributed by atoms with van der Waals surface area (Å²) in [5, 5.41) is 17.2. The summed E-state index contributed by atoms with van der Waals surface area (Å²) in [5.41, 5.74) is 0.404. The van der Waals surface area contributed by atoms with Crippen LogP contribution in [0.1, 0.15) is 0 Å². The predicted molar refractivity (Wildman–Crippen MR) is 78.6 cm³/mol. The third-order valence-corrected chi connectivity index (χ3v) is 3.75. The fourth-order valence-corrected chi connectivity index (χ4v) is 2.52. The molecule has 0 unspecified atom stereocenters. The predicted octanol–water partition coefficient (Wildman–Crippen LogP) is 2.46. The van der Waals surface area contributed by atoms with Crippen molar-refractivity contribution in [1.29, 1.82) is 0 Å². The van der Waals surface area contributed by atoms with Crippen LogP contribution in [0.2, 0.25) is 10.0 Å². The molecule has 1 aliphatic heterocycles. The van der Waals surface area contributed by atoms with Crippen molar-refractivity contribution in [3.8, 4) is 11.4 Å². The van der Waals surface area contributed by atoms with Crippen LogP contribution >= 0.6 is 23.2 Å². The van der Waals surface area contributed by atoms with E-state index in [0.717, 1.165) is 0 Å². The van der Waals surface area contributed by atoms with Gasteiger partial charge in [0.15, 0.2) is 0 Å². The highest BCUT2D eigenvalue weighted by Crippen LogP contribution is 2.28. The lowest BCUT2D eigenvalue weighted by Gasteiger charge is -2.39. The molecule has 0 aliphatic carbocycles. The Balaban J connectivity index is 1.71. The number of aliphatic hydroxyl groups is 1. The fourth-order valence-electron chi connectivity index (χ4n) is 2.00. The summed E-state index contributed by atoms with van der Waals surface area (Å²) < 4.78 is 10.2. The summed E-state index contributed by atoms with van der Waals surface area (Å²) in [6, 6.07) is 5.32. The number of ether oxygens (including phenoxy) is 1. The molecular formula is C13H13Cl2N3O3. The average Bonchev–Trinajstić information content (AvgIpc) is 2.86. The summed E-state index contributed by atoms with van der Waals surface area (Å²) >= 11 is 11.9. The van der Waals surface area contributed by atoms with E-state index in [4.69, 9.17) is 32.5 Å². The first kappa shape index (κ1) is 14.6. The zero-order chi connectivity index (χ0) is 14.9. The topological polar surface area (TPSA) is 80.4 Å². The molecule has 6 nitrogen and oxygen atoms in total. The maximum absolute atomic E-state index is 9.34. The average molecular weight is 330 g/mol. The first-order valence-corrected chi connectivity index (χ1v) is 7.08. The Kier molecular flexibility index (Phi) is 4.03. The Labute approximate surface area is 131 Å². The summed E-state index contributed by atoms with van der Waals surface area (Å²) in [6.07, 6.45) is 0. The van der Waals surface area contributed by atoms with E-state index in [9.17, 15) is 5.11 Å². The highest BCUT2D eigenvalue weighted by atomic mass is 35.5. The van der Waals surface area contributed by atoms with Crippen molar-refractivity contribution in [3.63, 3.8) is 0 Å². The molecular weight excluding hydrogens is 317 g/mol. The molecule has 1 saturated heterocycles. The second-order valence-electron chi connectivity index (χ2n) is 5.09. The van der Waals surface area contributed by atoms with Gasteiger partial charge in [-0.3, -0.25) is 0 Å². The Morgan fingerprint density at radius 3 is 2.52 bits per heavy atom. The largest absolute Gasteiger partial charge is 0.396 e.